The van der Waals surface area contributed by atoms with Gasteiger partial charge in [0.25, 0.3) is 5.56 Å². The number of ketones is 1. The van der Waals surface area contributed by atoms with Crippen LogP contribution in [0.1, 0.15) is 0 Å². The van der Waals surface area contributed by atoms with Gasteiger partial charge in [-0.25, -0.2) is 4.99 Å². The number of hydrogen-bond acceptors (Lipinski definition) is 8. The lowest BCUT2D eigenvalue weighted by molar-refractivity contribution is -0.122. The van der Waals surface area contributed by atoms with Crippen LogP contribution in [-0.4, -0.2) is 50.9 Å². The molecule has 0 fully saturated rings. The molecule has 1 aromatic heterocycles. The second-order valence-corrected chi connectivity index (χ2v) is 3.62. The zero-order valence-corrected chi connectivity index (χ0v) is 9.17. The molecular weight excluding hydrogens is 242 g/mol. The van der Waals surface area contributed by atoms with E-state index >= 15 is 0 Å². The quantitative estimate of drug-likeness (QED) is 0.408. The first-order chi connectivity index (χ1) is 8.52. The third-order valence-electron chi connectivity index (χ3n) is 2.34. The standard InChI is InChI=1S/C9H11N5O4/c10-9-13-7-5(8(18)14-9)12-3(1-11-7)6(17)4(16)2-15/h4,15-16H,1-2H2,(H4,10,11,13,14,18)/t4-/m1/s1. The summed E-state index contributed by atoms with van der Waals surface area (Å²) in [6.45, 7) is -0.708. The van der Waals surface area contributed by atoms with Gasteiger partial charge in [-0.1, -0.05) is 0 Å². The fourth-order valence-electron chi connectivity index (χ4n) is 1.47. The number of aliphatic hydroxyl groups excluding tert-OH is 2. The highest BCUT2D eigenvalue weighted by molar-refractivity contribution is 6.43. The van der Waals surface area contributed by atoms with Crippen molar-refractivity contribution in [3.05, 3.63) is 10.4 Å². The first-order valence-electron chi connectivity index (χ1n) is 5.07. The van der Waals surface area contributed by atoms with Crippen LogP contribution >= 0.6 is 0 Å². The molecule has 1 aromatic rings. The maximum Gasteiger partial charge on any atom is 0.280 e. The molecule has 2 heterocycles. The maximum absolute atomic E-state index is 11.6. The molecule has 0 amide bonds. The molecule has 2 rings (SSSR count). The average Bonchev–Trinajstić information content (AvgIpc) is 2.36. The monoisotopic (exact) mass is 253 g/mol. The predicted octanol–water partition coefficient (Wildman–Crippen LogP) is -2.23. The number of carbonyl (C=O) groups excluding carboxylic acids is 1. The Labute approximate surface area is 100 Å². The first-order valence-corrected chi connectivity index (χ1v) is 5.07. The number of nitrogens with zero attached hydrogens (tertiary/aromatic N) is 2. The summed E-state index contributed by atoms with van der Waals surface area (Å²) >= 11 is 0. The summed E-state index contributed by atoms with van der Waals surface area (Å²) in [5.41, 5.74) is 4.63. The van der Waals surface area contributed by atoms with Crippen molar-refractivity contribution in [1.82, 2.24) is 9.97 Å². The molecule has 18 heavy (non-hydrogen) atoms. The van der Waals surface area contributed by atoms with Gasteiger partial charge in [-0.3, -0.25) is 14.6 Å². The van der Waals surface area contributed by atoms with Crippen molar-refractivity contribution in [3.63, 3.8) is 0 Å². The van der Waals surface area contributed by atoms with Gasteiger partial charge in [0.05, 0.1) is 13.2 Å². The van der Waals surface area contributed by atoms with Crippen molar-refractivity contribution in [2.45, 2.75) is 6.10 Å². The number of nitrogen functional groups attached to an aromatic ring is 1. The van der Waals surface area contributed by atoms with E-state index < -0.39 is 24.1 Å². The molecule has 96 valence electrons. The van der Waals surface area contributed by atoms with Crippen LogP contribution in [0.5, 0.6) is 0 Å². The SMILES string of the molecule is Nc1nc2c(c(=O)[nH]1)N=C(C(=O)[C@H](O)CO)CN2. The molecule has 0 saturated carbocycles. The third-order valence-corrected chi connectivity index (χ3v) is 2.34. The number of aromatic nitrogens is 2. The van der Waals surface area contributed by atoms with Crippen LogP contribution in [0.25, 0.3) is 0 Å². The van der Waals surface area contributed by atoms with Crippen molar-refractivity contribution in [3.8, 4) is 0 Å². The second kappa shape index (κ2) is 4.55. The largest absolute Gasteiger partial charge is 0.393 e. The second-order valence-electron chi connectivity index (χ2n) is 3.62. The van der Waals surface area contributed by atoms with Crippen LogP contribution in [0, 0.1) is 0 Å². The molecule has 0 aromatic carbocycles. The van der Waals surface area contributed by atoms with E-state index in [0.717, 1.165) is 0 Å². The van der Waals surface area contributed by atoms with Crippen LogP contribution in [-0.2, 0) is 4.79 Å². The van der Waals surface area contributed by atoms with Crippen molar-refractivity contribution in [2.75, 3.05) is 24.2 Å². The summed E-state index contributed by atoms with van der Waals surface area (Å²) in [7, 11) is 0. The lowest BCUT2D eigenvalue weighted by Crippen LogP contribution is -2.37. The van der Waals surface area contributed by atoms with Gasteiger partial charge in [-0.05, 0) is 0 Å². The summed E-state index contributed by atoms with van der Waals surface area (Å²) in [5, 5.41) is 20.6. The molecule has 0 bridgehead atoms. The number of H-pyrrole nitrogens is 1. The molecule has 0 aliphatic carbocycles. The highest BCUT2D eigenvalue weighted by Crippen LogP contribution is 2.21. The number of Topliss-reactive ketones (excluding diaryl/α,β-unsaturated/α-hetero) is 1. The summed E-state index contributed by atoms with van der Waals surface area (Å²) < 4.78 is 0. The van der Waals surface area contributed by atoms with Gasteiger partial charge in [0.2, 0.25) is 11.7 Å². The summed E-state index contributed by atoms with van der Waals surface area (Å²) in [5.74, 6) is -0.634. The number of hydrogen-bond donors (Lipinski definition) is 5. The van der Waals surface area contributed by atoms with Gasteiger partial charge in [0.1, 0.15) is 11.8 Å². The van der Waals surface area contributed by atoms with Crippen LogP contribution in [0.15, 0.2) is 9.79 Å². The Morgan fingerprint density at radius 2 is 2.28 bits per heavy atom. The maximum atomic E-state index is 11.6. The number of rotatable bonds is 3. The number of nitrogens with one attached hydrogen (secondary N) is 2. The topological polar surface area (TPSA) is 154 Å². The number of carbonyl (C=O) groups is 1. The summed E-state index contributed by atoms with van der Waals surface area (Å²) in [6.07, 6.45) is -1.55. The number of aromatic amines is 1. The molecule has 0 radical (unpaired) electrons. The van der Waals surface area contributed by atoms with E-state index in [-0.39, 0.29) is 29.7 Å². The van der Waals surface area contributed by atoms with E-state index in [1.165, 1.54) is 0 Å². The Morgan fingerprint density at radius 1 is 1.56 bits per heavy atom. The Balaban J connectivity index is 2.42. The molecular formula is C9H11N5O4. The fourth-order valence-corrected chi connectivity index (χ4v) is 1.47. The van der Waals surface area contributed by atoms with Crippen LogP contribution in [0.2, 0.25) is 0 Å². The average molecular weight is 253 g/mol. The summed E-state index contributed by atoms with van der Waals surface area (Å²) in [4.78, 5) is 33.0. The van der Waals surface area contributed by atoms with E-state index in [1.54, 1.807) is 0 Å². The molecule has 9 nitrogen and oxygen atoms in total. The number of aliphatic imine (C=N–C) groups is 1. The van der Waals surface area contributed by atoms with Gasteiger partial charge in [0, 0.05) is 0 Å². The van der Waals surface area contributed by atoms with Crippen molar-refractivity contribution < 1.29 is 15.0 Å². The molecule has 0 spiro atoms. The molecule has 0 unspecified atom stereocenters. The minimum Gasteiger partial charge on any atom is -0.393 e. The Kier molecular flexibility index (Phi) is 3.08. The fraction of sp³-hybridized carbons (Fsp3) is 0.333. The molecule has 1 atom stereocenters. The number of anilines is 2. The van der Waals surface area contributed by atoms with Gasteiger partial charge in [0.15, 0.2) is 11.5 Å². The molecule has 9 heteroatoms. The number of aliphatic hydroxyl groups is 2. The smallest absolute Gasteiger partial charge is 0.280 e. The Bertz CT molecular complexity index is 579. The van der Waals surface area contributed by atoms with E-state index in [1.807, 2.05) is 0 Å². The van der Waals surface area contributed by atoms with E-state index in [0.29, 0.717) is 0 Å². The van der Waals surface area contributed by atoms with Crippen LogP contribution in [0.3, 0.4) is 0 Å². The molecule has 1 aliphatic rings. The number of nitrogens with two attached hydrogens (primary N) is 1. The first kappa shape index (κ1) is 12.2. The number of fused-ring (bicyclic) bond motifs is 1. The Hall–Kier alpha value is -2.26. The highest BCUT2D eigenvalue weighted by Gasteiger charge is 2.25. The minimum atomic E-state index is -1.55. The van der Waals surface area contributed by atoms with Gasteiger partial charge in [-0.2, -0.15) is 4.98 Å². The normalized spacial score (nSPS) is 15.3. The highest BCUT2D eigenvalue weighted by atomic mass is 16.3. The molecule has 0 saturated heterocycles. The van der Waals surface area contributed by atoms with Crippen molar-refractivity contribution in [2.24, 2.45) is 4.99 Å². The van der Waals surface area contributed by atoms with Crippen LogP contribution in [0.4, 0.5) is 17.5 Å². The minimum absolute atomic E-state index is 0.00120. The third kappa shape index (κ3) is 2.08. The summed E-state index contributed by atoms with van der Waals surface area (Å²) in [6, 6.07) is 0. The lowest BCUT2D eigenvalue weighted by Gasteiger charge is -2.16. The molecule has 6 N–H and O–H groups in total. The van der Waals surface area contributed by atoms with Crippen molar-refractivity contribution in [1.29, 1.82) is 0 Å². The predicted molar refractivity (Wildman–Crippen MR) is 63.0 cm³/mol. The van der Waals surface area contributed by atoms with E-state index in [9.17, 15) is 14.7 Å². The zero-order chi connectivity index (χ0) is 13.3. The van der Waals surface area contributed by atoms with Gasteiger partial charge in [-0.15, -0.1) is 0 Å². The molecule has 1 aliphatic heterocycles. The Morgan fingerprint density at radius 3 is 2.94 bits per heavy atom. The van der Waals surface area contributed by atoms with E-state index in [2.05, 4.69) is 20.3 Å². The van der Waals surface area contributed by atoms with Crippen LogP contribution < -0.4 is 16.6 Å². The lowest BCUT2D eigenvalue weighted by atomic mass is 10.1. The van der Waals surface area contributed by atoms with Gasteiger partial charge < -0.3 is 21.3 Å². The van der Waals surface area contributed by atoms with Crippen molar-refractivity contribution >= 4 is 28.9 Å². The van der Waals surface area contributed by atoms with Gasteiger partial charge >= 0.3 is 0 Å². The van der Waals surface area contributed by atoms with E-state index in [4.69, 9.17) is 10.8 Å². The zero-order valence-electron chi connectivity index (χ0n) is 9.17.